The molecule has 4 rings (SSSR count). The topological polar surface area (TPSA) is 79.7 Å². The fraction of sp³-hybridized carbons (Fsp3) is 0.400. The van der Waals surface area contributed by atoms with E-state index in [1.807, 2.05) is 30.5 Å². The molecule has 1 saturated heterocycles. The molecule has 1 aliphatic rings. The first-order valence-corrected chi connectivity index (χ1v) is 11.8. The van der Waals surface area contributed by atoms with E-state index in [2.05, 4.69) is 24.2 Å². The highest BCUT2D eigenvalue weighted by Crippen LogP contribution is 2.36. The van der Waals surface area contributed by atoms with Crippen LogP contribution in [-0.4, -0.2) is 46.1 Å². The molecule has 3 heterocycles. The molecule has 0 spiro atoms. The number of aliphatic carboxylic acids is 1. The third-order valence-corrected chi connectivity index (χ3v) is 7.13. The van der Waals surface area contributed by atoms with E-state index in [1.165, 1.54) is 16.0 Å². The maximum atomic E-state index is 12.9. The molecular weight excluding hydrogens is 424 g/mol. The molecule has 1 amide bonds. The molecule has 7 heteroatoms. The summed E-state index contributed by atoms with van der Waals surface area (Å²) in [5.74, 6) is -0.318. The van der Waals surface area contributed by atoms with Crippen LogP contribution in [0.1, 0.15) is 36.6 Å². The number of hydrogen-bond donors (Lipinski definition) is 1. The van der Waals surface area contributed by atoms with Crippen molar-refractivity contribution in [3.8, 4) is 16.9 Å². The maximum Gasteiger partial charge on any atom is 0.303 e. The third-order valence-electron chi connectivity index (χ3n) is 6.10. The number of aromatic nitrogens is 1. The Morgan fingerprint density at radius 2 is 2.12 bits per heavy atom. The Kier molecular flexibility index (Phi) is 6.46. The summed E-state index contributed by atoms with van der Waals surface area (Å²) >= 11 is 1.75. The van der Waals surface area contributed by atoms with E-state index in [0.717, 1.165) is 29.3 Å². The number of rotatable bonds is 6. The molecule has 6 nitrogen and oxygen atoms in total. The van der Waals surface area contributed by atoms with Gasteiger partial charge in [0.05, 0.1) is 5.52 Å². The minimum absolute atomic E-state index is 0.00436. The van der Waals surface area contributed by atoms with Crippen LogP contribution >= 0.6 is 11.3 Å². The number of pyridine rings is 1. The Morgan fingerprint density at radius 3 is 2.84 bits per heavy atom. The number of hydrogen-bond acceptors (Lipinski definition) is 5. The molecule has 0 aliphatic carbocycles. The van der Waals surface area contributed by atoms with Crippen molar-refractivity contribution in [3.05, 3.63) is 46.3 Å². The number of carbonyl (C=O) groups excluding carboxylic acids is 1. The molecule has 0 bridgehead atoms. The van der Waals surface area contributed by atoms with E-state index >= 15 is 0 Å². The fourth-order valence-corrected chi connectivity index (χ4v) is 5.44. The van der Waals surface area contributed by atoms with E-state index in [0.29, 0.717) is 18.8 Å². The van der Waals surface area contributed by atoms with Gasteiger partial charge in [0.25, 0.3) is 5.91 Å². The van der Waals surface area contributed by atoms with Gasteiger partial charge in [-0.05, 0) is 79.8 Å². The zero-order chi connectivity index (χ0) is 22.8. The number of likely N-dealkylation sites (tertiary alicyclic amines) is 1. The van der Waals surface area contributed by atoms with Gasteiger partial charge < -0.3 is 14.7 Å². The molecule has 1 N–H and O–H groups in total. The predicted molar refractivity (Wildman–Crippen MR) is 126 cm³/mol. The molecule has 1 fully saturated rings. The second kappa shape index (κ2) is 9.28. The van der Waals surface area contributed by atoms with E-state index in [4.69, 9.17) is 9.84 Å². The monoisotopic (exact) mass is 452 g/mol. The average molecular weight is 453 g/mol. The lowest BCUT2D eigenvalue weighted by molar-refractivity contribution is -0.143. The summed E-state index contributed by atoms with van der Waals surface area (Å²) in [6.07, 6.45) is 2.91. The van der Waals surface area contributed by atoms with Gasteiger partial charge in [-0.15, -0.1) is 11.3 Å². The molecule has 168 valence electrons. The van der Waals surface area contributed by atoms with Gasteiger partial charge in [0.15, 0.2) is 6.10 Å². The highest BCUT2D eigenvalue weighted by molar-refractivity contribution is 7.10. The maximum absolute atomic E-state index is 12.9. The number of fused-ring (bicyclic) bond motifs is 1. The summed E-state index contributed by atoms with van der Waals surface area (Å²) in [6, 6.07) is 7.81. The van der Waals surface area contributed by atoms with Crippen molar-refractivity contribution >= 4 is 34.1 Å². The Morgan fingerprint density at radius 1 is 1.31 bits per heavy atom. The first kappa shape index (κ1) is 22.3. The first-order chi connectivity index (χ1) is 15.3. The largest absolute Gasteiger partial charge is 0.481 e. The van der Waals surface area contributed by atoms with Crippen LogP contribution in [0.15, 0.2) is 35.8 Å². The average Bonchev–Trinajstić information content (AvgIpc) is 3.10. The Hall–Kier alpha value is -2.93. The van der Waals surface area contributed by atoms with Gasteiger partial charge >= 0.3 is 5.97 Å². The quantitative estimate of drug-likeness (QED) is 0.565. The van der Waals surface area contributed by atoms with Gasteiger partial charge in [0.1, 0.15) is 5.75 Å². The number of nitrogens with zero attached hydrogens (tertiary/aromatic N) is 2. The van der Waals surface area contributed by atoms with Crippen molar-refractivity contribution in [2.24, 2.45) is 5.92 Å². The van der Waals surface area contributed by atoms with Gasteiger partial charge in [-0.3, -0.25) is 14.6 Å². The number of thiophene rings is 1. The van der Waals surface area contributed by atoms with Gasteiger partial charge in [-0.1, -0.05) is 0 Å². The van der Waals surface area contributed by atoms with Crippen molar-refractivity contribution in [1.82, 2.24) is 9.88 Å². The predicted octanol–water partition coefficient (Wildman–Crippen LogP) is 5.06. The van der Waals surface area contributed by atoms with Crippen LogP contribution in [0.2, 0.25) is 0 Å². The van der Waals surface area contributed by atoms with E-state index in [-0.39, 0.29) is 18.2 Å². The first-order valence-electron chi connectivity index (χ1n) is 10.9. The van der Waals surface area contributed by atoms with Gasteiger partial charge in [-0.2, -0.15) is 0 Å². The summed E-state index contributed by atoms with van der Waals surface area (Å²) in [4.78, 5) is 31.5. The smallest absolute Gasteiger partial charge is 0.303 e. The second-order valence-corrected chi connectivity index (χ2v) is 9.62. The van der Waals surface area contributed by atoms with Crippen molar-refractivity contribution < 1.29 is 19.4 Å². The Balaban J connectivity index is 1.51. The highest BCUT2D eigenvalue weighted by Gasteiger charge is 2.29. The number of aryl methyl sites for hydroxylation is 2. The molecule has 1 unspecified atom stereocenters. The number of benzene rings is 1. The normalized spacial score (nSPS) is 17.3. The second-order valence-electron chi connectivity index (χ2n) is 8.54. The third kappa shape index (κ3) is 4.63. The molecular formula is C25H28N2O4S. The van der Waals surface area contributed by atoms with Crippen LogP contribution in [0.3, 0.4) is 0 Å². The highest BCUT2D eigenvalue weighted by atomic mass is 32.1. The number of ether oxygens (including phenoxy) is 1. The standard InChI is InChI=1S/C25H28N2O4S/c1-15-14-32-17(3)24(15)21-8-9-26-22-12-19(6-7-20(21)22)31-16(2)25(30)27-10-4-5-18(13-27)11-23(28)29/h6-9,12,14,16,18H,4-5,10-11,13H2,1-3H3,(H,28,29)/t16?,18-/m1/s1. The lowest BCUT2D eigenvalue weighted by atomic mass is 9.94. The van der Waals surface area contributed by atoms with E-state index < -0.39 is 12.1 Å². The molecule has 1 aromatic carbocycles. The summed E-state index contributed by atoms with van der Waals surface area (Å²) in [6.45, 7) is 7.11. The van der Waals surface area contributed by atoms with E-state index in [9.17, 15) is 9.59 Å². The summed E-state index contributed by atoms with van der Waals surface area (Å²) in [5.41, 5.74) is 4.48. The van der Waals surface area contributed by atoms with Crippen LogP contribution in [0.4, 0.5) is 0 Å². The number of carboxylic acids is 1. The van der Waals surface area contributed by atoms with Crippen LogP contribution in [0, 0.1) is 19.8 Å². The molecule has 0 saturated carbocycles. The number of amides is 1. The van der Waals surface area contributed by atoms with Crippen LogP contribution in [0.25, 0.3) is 22.0 Å². The Bertz CT molecular complexity index is 1140. The van der Waals surface area contributed by atoms with Crippen molar-refractivity contribution in [1.29, 1.82) is 0 Å². The summed E-state index contributed by atoms with van der Waals surface area (Å²) in [5, 5.41) is 12.3. The number of carboxylic acid groups (broad SMARTS) is 1. The fourth-order valence-electron chi connectivity index (χ4n) is 4.58. The number of piperidine rings is 1. The van der Waals surface area contributed by atoms with Gasteiger partial charge in [-0.25, -0.2) is 0 Å². The summed E-state index contributed by atoms with van der Waals surface area (Å²) in [7, 11) is 0. The molecule has 2 atom stereocenters. The SMILES string of the molecule is Cc1csc(C)c1-c1ccnc2cc(OC(C)C(=O)N3CCC[C@H](CC(=O)O)C3)ccc12. The summed E-state index contributed by atoms with van der Waals surface area (Å²) < 4.78 is 5.99. The number of carbonyl (C=O) groups is 2. The van der Waals surface area contributed by atoms with Crippen LogP contribution < -0.4 is 4.74 Å². The molecule has 0 radical (unpaired) electrons. The Labute approximate surface area is 191 Å². The minimum Gasteiger partial charge on any atom is -0.481 e. The zero-order valence-corrected chi connectivity index (χ0v) is 19.4. The minimum atomic E-state index is -0.815. The van der Waals surface area contributed by atoms with Crippen molar-refractivity contribution in [3.63, 3.8) is 0 Å². The van der Waals surface area contributed by atoms with E-state index in [1.54, 1.807) is 23.2 Å². The van der Waals surface area contributed by atoms with Crippen LogP contribution in [-0.2, 0) is 9.59 Å². The lowest BCUT2D eigenvalue weighted by Gasteiger charge is -2.33. The molecule has 3 aromatic rings. The van der Waals surface area contributed by atoms with Crippen molar-refractivity contribution in [2.45, 2.75) is 46.1 Å². The van der Waals surface area contributed by atoms with Crippen molar-refractivity contribution in [2.75, 3.05) is 13.1 Å². The zero-order valence-electron chi connectivity index (χ0n) is 18.6. The lowest BCUT2D eigenvalue weighted by Crippen LogP contribution is -2.46. The van der Waals surface area contributed by atoms with Gasteiger partial charge in [0, 0.05) is 42.0 Å². The van der Waals surface area contributed by atoms with Gasteiger partial charge in [0.2, 0.25) is 0 Å². The molecule has 1 aliphatic heterocycles. The molecule has 2 aromatic heterocycles. The molecule has 32 heavy (non-hydrogen) atoms. The van der Waals surface area contributed by atoms with Crippen LogP contribution in [0.5, 0.6) is 5.75 Å².